The maximum Gasteiger partial charge on any atom is 0.293 e. The standard InChI is InChI=1S/C12H16ClN3O2/c13-9-4-2-6-11(16(17)18)12(9)15-10-5-1-3-8(10)7-14/h2,4,6,8,10,15H,1,3,5,7,14H2. The van der Waals surface area contributed by atoms with Gasteiger partial charge in [0.25, 0.3) is 5.69 Å². The first-order chi connectivity index (χ1) is 8.63. The Bertz CT molecular complexity index is 453. The Balaban J connectivity index is 2.25. The number of nitro benzene ring substituents is 1. The lowest BCUT2D eigenvalue weighted by atomic mass is 10.0. The minimum atomic E-state index is -0.416. The number of nitrogens with two attached hydrogens (primary N) is 1. The third-order valence-corrected chi connectivity index (χ3v) is 3.79. The second kappa shape index (κ2) is 5.54. The molecule has 0 aliphatic heterocycles. The number of hydrogen-bond acceptors (Lipinski definition) is 4. The average molecular weight is 270 g/mol. The molecule has 18 heavy (non-hydrogen) atoms. The van der Waals surface area contributed by atoms with Crippen LogP contribution in [0.3, 0.4) is 0 Å². The first kappa shape index (κ1) is 13.1. The molecular weight excluding hydrogens is 254 g/mol. The summed E-state index contributed by atoms with van der Waals surface area (Å²) in [5.41, 5.74) is 6.14. The van der Waals surface area contributed by atoms with Crippen LogP contribution in [0.25, 0.3) is 0 Å². The van der Waals surface area contributed by atoms with Gasteiger partial charge in [-0.2, -0.15) is 0 Å². The highest BCUT2D eigenvalue weighted by molar-refractivity contribution is 6.33. The molecule has 0 aromatic heterocycles. The monoisotopic (exact) mass is 269 g/mol. The second-order valence-corrected chi connectivity index (χ2v) is 4.98. The third-order valence-electron chi connectivity index (χ3n) is 3.48. The molecule has 3 N–H and O–H groups in total. The van der Waals surface area contributed by atoms with Gasteiger partial charge < -0.3 is 11.1 Å². The molecule has 2 unspecified atom stereocenters. The van der Waals surface area contributed by atoms with Crippen LogP contribution in [0.1, 0.15) is 19.3 Å². The number of anilines is 1. The topological polar surface area (TPSA) is 81.2 Å². The van der Waals surface area contributed by atoms with Gasteiger partial charge in [-0.05, 0) is 31.4 Å². The van der Waals surface area contributed by atoms with Crippen LogP contribution >= 0.6 is 11.6 Å². The van der Waals surface area contributed by atoms with E-state index in [1.807, 2.05) is 0 Å². The smallest absolute Gasteiger partial charge is 0.293 e. The average Bonchev–Trinajstić information content (AvgIpc) is 2.78. The Morgan fingerprint density at radius 3 is 2.94 bits per heavy atom. The van der Waals surface area contributed by atoms with Crippen molar-refractivity contribution in [2.24, 2.45) is 11.7 Å². The van der Waals surface area contributed by atoms with Crippen molar-refractivity contribution in [3.8, 4) is 0 Å². The molecule has 0 radical (unpaired) electrons. The number of nitrogens with one attached hydrogen (secondary N) is 1. The Kier molecular flexibility index (Phi) is 4.04. The molecule has 0 heterocycles. The largest absolute Gasteiger partial charge is 0.375 e. The number of benzene rings is 1. The summed E-state index contributed by atoms with van der Waals surface area (Å²) in [5.74, 6) is 0.362. The molecule has 1 aliphatic rings. The van der Waals surface area contributed by atoms with Crippen LogP contribution in [0.4, 0.5) is 11.4 Å². The van der Waals surface area contributed by atoms with Gasteiger partial charge in [-0.25, -0.2) is 0 Å². The molecule has 1 aromatic carbocycles. The van der Waals surface area contributed by atoms with Crippen LogP contribution in [0.15, 0.2) is 18.2 Å². The molecule has 2 rings (SSSR count). The SMILES string of the molecule is NCC1CCCC1Nc1c(Cl)cccc1[N+](=O)[O-]. The summed E-state index contributed by atoms with van der Waals surface area (Å²) in [6, 6.07) is 4.87. The molecule has 0 bridgehead atoms. The molecular formula is C12H16ClN3O2. The van der Waals surface area contributed by atoms with E-state index in [0.717, 1.165) is 19.3 Å². The summed E-state index contributed by atoms with van der Waals surface area (Å²) < 4.78 is 0. The van der Waals surface area contributed by atoms with E-state index < -0.39 is 4.92 Å². The lowest BCUT2D eigenvalue weighted by Crippen LogP contribution is -2.29. The van der Waals surface area contributed by atoms with Crippen molar-refractivity contribution in [3.05, 3.63) is 33.3 Å². The van der Waals surface area contributed by atoms with Crippen molar-refractivity contribution < 1.29 is 4.92 Å². The fourth-order valence-electron chi connectivity index (χ4n) is 2.50. The molecule has 0 amide bonds. The van der Waals surface area contributed by atoms with Crippen LogP contribution in [0.2, 0.25) is 5.02 Å². The zero-order valence-corrected chi connectivity index (χ0v) is 10.7. The molecule has 1 aliphatic carbocycles. The Morgan fingerprint density at radius 2 is 2.28 bits per heavy atom. The van der Waals surface area contributed by atoms with Gasteiger partial charge in [-0.1, -0.05) is 24.1 Å². The number of nitrogens with zero attached hydrogens (tertiary/aromatic N) is 1. The first-order valence-corrected chi connectivity index (χ1v) is 6.40. The molecule has 0 saturated heterocycles. The normalized spacial score (nSPS) is 23.0. The van der Waals surface area contributed by atoms with Crippen molar-refractivity contribution >= 4 is 23.0 Å². The summed E-state index contributed by atoms with van der Waals surface area (Å²) in [7, 11) is 0. The number of para-hydroxylation sites is 1. The fourth-order valence-corrected chi connectivity index (χ4v) is 2.73. The first-order valence-electron chi connectivity index (χ1n) is 6.03. The highest BCUT2D eigenvalue weighted by Gasteiger charge is 2.28. The van der Waals surface area contributed by atoms with E-state index in [9.17, 15) is 10.1 Å². The lowest BCUT2D eigenvalue weighted by Gasteiger charge is -2.21. The van der Waals surface area contributed by atoms with Gasteiger partial charge in [0, 0.05) is 12.1 Å². The van der Waals surface area contributed by atoms with Gasteiger partial charge in [0.05, 0.1) is 9.95 Å². The van der Waals surface area contributed by atoms with E-state index in [1.165, 1.54) is 6.07 Å². The number of nitro groups is 1. The van der Waals surface area contributed by atoms with E-state index in [0.29, 0.717) is 23.2 Å². The molecule has 1 fully saturated rings. The molecule has 1 saturated carbocycles. The van der Waals surface area contributed by atoms with Crippen molar-refractivity contribution in [1.82, 2.24) is 0 Å². The van der Waals surface area contributed by atoms with Gasteiger partial charge in [0.15, 0.2) is 0 Å². The predicted octanol–water partition coefficient (Wildman–Crippen LogP) is 2.79. The number of halogens is 1. The summed E-state index contributed by atoms with van der Waals surface area (Å²) in [6.45, 7) is 0.593. The predicted molar refractivity (Wildman–Crippen MR) is 71.9 cm³/mol. The molecule has 98 valence electrons. The van der Waals surface area contributed by atoms with Crippen LogP contribution in [0.5, 0.6) is 0 Å². The molecule has 1 aromatic rings. The Labute approximate surface area is 110 Å². The Morgan fingerprint density at radius 1 is 1.50 bits per heavy atom. The highest BCUT2D eigenvalue weighted by atomic mass is 35.5. The van der Waals surface area contributed by atoms with Crippen LogP contribution in [-0.4, -0.2) is 17.5 Å². The fraction of sp³-hybridized carbons (Fsp3) is 0.500. The second-order valence-electron chi connectivity index (χ2n) is 4.57. The third kappa shape index (κ3) is 2.57. The number of hydrogen-bond donors (Lipinski definition) is 2. The van der Waals surface area contributed by atoms with Crippen molar-refractivity contribution in [1.29, 1.82) is 0 Å². The molecule has 0 spiro atoms. The summed E-state index contributed by atoms with van der Waals surface area (Å²) in [5, 5.41) is 14.6. The number of rotatable bonds is 4. The van der Waals surface area contributed by atoms with Gasteiger partial charge in [0.1, 0.15) is 5.69 Å². The zero-order valence-electron chi connectivity index (χ0n) is 9.93. The van der Waals surface area contributed by atoms with E-state index in [1.54, 1.807) is 12.1 Å². The highest BCUT2D eigenvalue weighted by Crippen LogP contribution is 2.36. The van der Waals surface area contributed by atoms with E-state index in [-0.39, 0.29) is 11.7 Å². The van der Waals surface area contributed by atoms with Crippen LogP contribution < -0.4 is 11.1 Å². The molecule has 6 heteroatoms. The quantitative estimate of drug-likeness (QED) is 0.650. The summed E-state index contributed by atoms with van der Waals surface area (Å²) in [4.78, 5) is 10.6. The van der Waals surface area contributed by atoms with E-state index in [2.05, 4.69) is 5.32 Å². The van der Waals surface area contributed by atoms with Crippen LogP contribution in [-0.2, 0) is 0 Å². The van der Waals surface area contributed by atoms with Crippen molar-refractivity contribution in [2.75, 3.05) is 11.9 Å². The molecule has 2 atom stereocenters. The molecule has 5 nitrogen and oxygen atoms in total. The zero-order chi connectivity index (χ0) is 13.1. The maximum absolute atomic E-state index is 11.0. The van der Waals surface area contributed by atoms with E-state index in [4.69, 9.17) is 17.3 Å². The van der Waals surface area contributed by atoms with Crippen molar-refractivity contribution in [3.63, 3.8) is 0 Å². The minimum Gasteiger partial charge on any atom is -0.375 e. The van der Waals surface area contributed by atoms with Gasteiger partial charge in [-0.3, -0.25) is 10.1 Å². The maximum atomic E-state index is 11.0. The van der Waals surface area contributed by atoms with Crippen molar-refractivity contribution in [2.45, 2.75) is 25.3 Å². The van der Waals surface area contributed by atoms with Crippen LogP contribution in [0, 0.1) is 16.0 Å². The van der Waals surface area contributed by atoms with Gasteiger partial charge >= 0.3 is 0 Å². The Hall–Kier alpha value is -1.33. The van der Waals surface area contributed by atoms with Gasteiger partial charge in [-0.15, -0.1) is 0 Å². The summed E-state index contributed by atoms with van der Waals surface area (Å²) in [6.07, 6.45) is 3.13. The van der Waals surface area contributed by atoms with E-state index >= 15 is 0 Å². The lowest BCUT2D eigenvalue weighted by molar-refractivity contribution is -0.384. The summed E-state index contributed by atoms with van der Waals surface area (Å²) >= 11 is 6.04. The van der Waals surface area contributed by atoms with Gasteiger partial charge in [0.2, 0.25) is 0 Å². The minimum absolute atomic E-state index is 0.0187.